The number of nitrogens with two attached hydrogens (primary N) is 1. The Morgan fingerprint density at radius 3 is 1.82 bits per heavy atom. The van der Waals surface area contributed by atoms with Crippen molar-refractivity contribution in [3.63, 3.8) is 0 Å². The minimum absolute atomic E-state index is 0.530. The van der Waals surface area contributed by atoms with Gasteiger partial charge in [0, 0.05) is 6.54 Å². The van der Waals surface area contributed by atoms with Crippen LogP contribution >= 0.6 is 0 Å². The Hall–Kier alpha value is -2.58. The highest BCUT2D eigenvalue weighted by Crippen LogP contribution is 2.29. The maximum atomic E-state index is 5.62. The van der Waals surface area contributed by atoms with E-state index in [1.807, 2.05) is 6.07 Å². The number of ether oxygens (including phenoxy) is 1. The lowest BCUT2D eigenvalue weighted by molar-refractivity contribution is 0.329. The summed E-state index contributed by atoms with van der Waals surface area (Å²) < 4.78 is 5.62. The third-order valence-electron chi connectivity index (χ3n) is 4.02. The van der Waals surface area contributed by atoms with Crippen molar-refractivity contribution in [1.82, 2.24) is 0 Å². The van der Waals surface area contributed by atoms with Crippen LogP contribution in [-0.4, -0.2) is 13.2 Å². The van der Waals surface area contributed by atoms with Crippen LogP contribution in [0.15, 0.2) is 66.7 Å². The van der Waals surface area contributed by atoms with Crippen LogP contribution < -0.4 is 10.5 Å². The summed E-state index contributed by atoms with van der Waals surface area (Å²) in [6.45, 7) is 1.07. The average molecular weight is 287 g/mol. The molecular weight excluding hydrogens is 270 g/mol. The Labute approximate surface area is 129 Å². The zero-order valence-corrected chi connectivity index (χ0v) is 12.3. The molecule has 0 fully saturated rings. The van der Waals surface area contributed by atoms with E-state index >= 15 is 0 Å². The molecule has 4 aromatic carbocycles. The molecule has 22 heavy (non-hydrogen) atoms. The van der Waals surface area contributed by atoms with Crippen molar-refractivity contribution in [2.75, 3.05) is 13.2 Å². The molecule has 0 radical (unpaired) electrons. The Morgan fingerprint density at radius 1 is 0.636 bits per heavy atom. The van der Waals surface area contributed by atoms with Crippen LogP contribution in [0.4, 0.5) is 0 Å². The molecule has 4 rings (SSSR count). The van der Waals surface area contributed by atoms with Gasteiger partial charge in [0.1, 0.15) is 12.4 Å². The molecule has 0 bridgehead atoms. The minimum Gasteiger partial charge on any atom is -0.492 e. The highest BCUT2D eigenvalue weighted by atomic mass is 16.5. The molecule has 2 N–H and O–H groups in total. The minimum atomic E-state index is 0.530. The maximum absolute atomic E-state index is 5.62. The topological polar surface area (TPSA) is 35.2 Å². The summed E-state index contributed by atoms with van der Waals surface area (Å²) >= 11 is 0. The normalized spacial score (nSPS) is 11.3. The molecule has 4 aromatic rings. The monoisotopic (exact) mass is 287 g/mol. The fourth-order valence-corrected chi connectivity index (χ4v) is 2.94. The van der Waals surface area contributed by atoms with Crippen molar-refractivity contribution in [3.8, 4) is 5.75 Å². The lowest BCUT2D eigenvalue weighted by Gasteiger charge is -2.08. The van der Waals surface area contributed by atoms with E-state index in [-0.39, 0.29) is 0 Å². The summed E-state index contributed by atoms with van der Waals surface area (Å²) in [5.41, 5.74) is 5.49. The summed E-state index contributed by atoms with van der Waals surface area (Å²) in [5.74, 6) is 0.873. The molecule has 0 aliphatic rings. The summed E-state index contributed by atoms with van der Waals surface area (Å²) in [6, 6.07) is 23.6. The van der Waals surface area contributed by atoms with Crippen LogP contribution in [0, 0.1) is 0 Å². The van der Waals surface area contributed by atoms with Crippen LogP contribution in [0.3, 0.4) is 0 Å². The van der Waals surface area contributed by atoms with Gasteiger partial charge in [0.05, 0.1) is 0 Å². The molecule has 0 amide bonds. The molecule has 0 aliphatic carbocycles. The van der Waals surface area contributed by atoms with Gasteiger partial charge in [-0.1, -0.05) is 30.3 Å². The van der Waals surface area contributed by atoms with Gasteiger partial charge in [-0.2, -0.15) is 0 Å². The highest BCUT2D eigenvalue weighted by Gasteiger charge is 2.02. The highest BCUT2D eigenvalue weighted by molar-refractivity contribution is 6.04. The zero-order valence-electron chi connectivity index (χ0n) is 12.3. The number of hydrogen-bond donors (Lipinski definition) is 1. The first kappa shape index (κ1) is 13.1. The van der Waals surface area contributed by atoms with E-state index in [9.17, 15) is 0 Å². The second kappa shape index (κ2) is 5.32. The smallest absolute Gasteiger partial charge is 0.120 e. The molecule has 0 saturated heterocycles. The van der Waals surface area contributed by atoms with Gasteiger partial charge in [-0.05, 0) is 68.7 Å². The average Bonchev–Trinajstić information content (AvgIpc) is 2.56. The largest absolute Gasteiger partial charge is 0.492 e. The van der Waals surface area contributed by atoms with Gasteiger partial charge in [0.15, 0.2) is 0 Å². The standard InChI is InChI=1S/C20H17NO/c21-7-8-22-20-6-5-16-11-17-9-14-3-1-2-4-15(14)10-18(17)12-19(16)13-20/h1-6,9-13H,7-8,21H2. The first-order valence-corrected chi connectivity index (χ1v) is 7.53. The first-order chi connectivity index (χ1) is 10.8. The van der Waals surface area contributed by atoms with E-state index in [0.29, 0.717) is 13.2 Å². The predicted octanol–water partition coefficient (Wildman–Crippen LogP) is 4.48. The van der Waals surface area contributed by atoms with Crippen molar-refractivity contribution in [1.29, 1.82) is 0 Å². The van der Waals surface area contributed by atoms with E-state index in [1.54, 1.807) is 0 Å². The van der Waals surface area contributed by atoms with Gasteiger partial charge >= 0.3 is 0 Å². The van der Waals surface area contributed by atoms with E-state index in [4.69, 9.17) is 10.5 Å². The van der Waals surface area contributed by atoms with Gasteiger partial charge in [-0.15, -0.1) is 0 Å². The predicted molar refractivity (Wildman–Crippen MR) is 93.5 cm³/mol. The first-order valence-electron chi connectivity index (χ1n) is 7.53. The molecule has 0 aromatic heterocycles. The number of fused-ring (bicyclic) bond motifs is 3. The van der Waals surface area contributed by atoms with Crippen molar-refractivity contribution >= 4 is 32.3 Å². The van der Waals surface area contributed by atoms with E-state index < -0.39 is 0 Å². The Kier molecular flexibility index (Phi) is 3.17. The Morgan fingerprint density at radius 2 is 1.18 bits per heavy atom. The van der Waals surface area contributed by atoms with Crippen molar-refractivity contribution in [2.45, 2.75) is 0 Å². The van der Waals surface area contributed by atoms with Gasteiger partial charge < -0.3 is 10.5 Å². The SMILES string of the molecule is NCCOc1ccc2cc3cc4ccccc4cc3cc2c1. The van der Waals surface area contributed by atoms with Crippen molar-refractivity contribution in [2.24, 2.45) is 5.73 Å². The lowest BCUT2D eigenvalue weighted by Crippen LogP contribution is -2.10. The molecule has 0 aliphatic heterocycles. The van der Waals surface area contributed by atoms with Gasteiger partial charge in [0.25, 0.3) is 0 Å². The van der Waals surface area contributed by atoms with Crippen LogP contribution in [0.25, 0.3) is 32.3 Å². The maximum Gasteiger partial charge on any atom is 0.120 e. The molecule has 0 unspecified atom stereocenters. The summed E-state index contributed by atoms with van der Waals surface area (Å²) in [4.78, 5) is 0. The summed E-state index contributed by atoms with van der Waals surface area (Å²) in [5, 5.41) is 7.48. The van der Waals surface area contributed by atoms with E-state index in [2.05, 4.69) is 60.7 Å². The second-order valence-electron chi connectivity index (χ2n) is 5.54. The number of rotatable bonds is 3. The fraction of sp³-hybridized carbons (Fsp3) is 0.100. The van der Waals surface area contributed by atoms with Crippen molar-refractivity contribution in [3.05, 3.63) is 66.7 Å². The number of hydrogen-bond acceptors (Lipinski definition) is 2. The number of benzene rings is 4. The molecule has 108 valence electrons. The van der Waals surface area contributed by atoms with E-state index in [1.165, 1.54) is 32.3 Å². The Balaban J connectivity index is 1.91. The van der Waals surface area contributed by atoms with Crippen LogP contribution in [0.2, 0.25) is 0 Å². The molecule has 0 atom stereocenters. The van der Waals surface area contributed by atoms with Crippen LogP contribution in [0.1, 0.15) is 0 Å². The van der Waals surface area contributed by atoms with Crippen LogP contribution in [0.5, 0.6) is 5.75 Å². The second-order valence-corrected chi connectivity index (χ2v) is 5.54. The lowest BCUT2D eigenvalue weighted by atomic mass is 10.00. The molecule has 2 nitrogen and oxygen atoms in total. The summed E-state index contributed by atoms with van der Waals surface area (Å²) in [6.07, 6.45) is 0. The quantitative estimate of drug-likeness (QED) is 0.564. The van der Waals surface area contributed by atoms with Gasteiger partial charge in [0.2, 0.25) is 0 Å². The summed E-state index contributed by atoms with van der Waals surface area (Å²) in [7, 11) is 0. The van der Waals surface area contributed by atoms with Crippen molar-refractivity contribution < 1.29 is 4.74 Å². The Bertz CT molecular complexity index is 975. The molecule has 0 saturated carbocycles. The fourth-order valence-electron chi connectivity index (χ4n) is 2.94. The molecule has 0 spiro atoms. The molecule has 2 heteroatoms. The molecular formula is C20H17NO. The van der Waals surface area contributed by atoms with E-state index in [0.717, 1.165) is 5.75 Å². The zero-order chi connectivity index (χ0) is 14.9. The third kappa shape index (κ3) is 2.28. The van der Waals surface area contributed by atoms with Gasteiger partial charge in [-0.3, -0.25) is 0 Å². The van der Waals surface area contributed by atoms with Crippen LogP contribution in [-0.2, 0) is 0 Å². The van der Waals surface area contributed by atoms with Gasteiger partial charge in [-0.25, -0.2) is 0 Å². The molecule has 0 heterocycles. The third-order valence-corrected chi connectivity index (χ3v) is 4.02.